The molecule has 0 atom stereocenters. The SMILES string of the molecule is COc1cc(C(=O)OCc2csc(-c3ccccc3OC)n2)ccc1OC(F)F. The van der Waals surface area contributed by atoms with Crippen LogP contribution in [0.1, 0.15) is 16.1 Å². The molecule has 0 spiro atoms. The fraction of sp³-hybridized carbons (Fsp3) is 0.200. The van der Waals surface area contributed by atoms with Gasteiger partial charge in [0, 0.05) is 5.38 Å². The number of esters is 1. The Morgan fingerprint density at radius 3 is 2.55 bits per heavy atom. The zero-order valence-corrected chi connectivity index (χ0v) is 16.4. The topological polar surface area (TPSA) is 66.9 Å². The highest BCUT2D eigenvalue weighted by molar-refractivity contribution is 7.13. The quantitative estimate of drug-likeness (QED) is 0.488. The van der Waals surface area contributed by atoms with Crippen LogP contribution in [-0.4, -0.2) is 31.8 Å². The first kappa shape index (κ1) is 20.5. The molecule has 0 unspecified atom stereocenters. The summed E-state index contributed by atoms with van der Waals surface area (Å²) in [6.45, 7) is -3.04. The summed E-state index contributed by atoms with van der Waals surface area (Å²) in [7, 11) is 2.87. The molecule has 0 aliphatic heterocycles. The summed E-state index contributed by atoms with van der Waals surface area (Å²) in [5.41, 5.74) is 1.56. The number of para-hydroxylation sites is 1. The maximum atomic E-state index is 12.4. The van der Waals surface area contributed by atoms with Crippen molar-refractivity contribution in [3.63, 3.8) is 0 Å². The zero-order chi connectivity index (χ0) is 20.8. The number of hydrogen-bond donors (Lipinski definition) is 0. The number of hydrogen-bond acceptors (Lipinski definition) is 7. The van der Waals surface area contributed by atoms with Crippen LogP contribution in [0, 0.1) is 0 Å². The molecule has 0 saturated carbocycles. The molecule has 0 radical (unpaired) electrons. The lowest BCUT2D eigenvalue weighted by Crippen LogP contribution is -2.07. The van der Waals surface area contributed by atoms with Gasteiger partial charge in [-0.15, -0.1) is 11.3 Å². The molecule has 3 rings (SSSR count). The van der Waals surface area contributed by atoms with Crippen LogP contribution >= 0.6 is 11.3 Å². The molecule has 152 valence electrons. The van der Waals surface area contributed by atoms with E-state index in [0.29, 0.717) is 11.4 Å². The Morgan fingerprint density at radius 2 is 1.83 bits per heavy atom. The maximum Gasteiger partial charge on any atom is 0.387 e. The molecule has 0 aliphatic carbocycles. The van der Waals surface area contributed by atoms with Crippen LogP contribution in [-0.2, 0) is 11.3 Å². The van der Waals surface area contributed by atoms with Crippen molar-refractivity contribution in [3.8, 4) is 27.8 Å². The van der Waals surface area contributed by atoms with Crippen molar-refractivity contribution < 1.29 is 32.5 Å². The van der Waals surface area contributed by atoms with Gasteiger partial charge >= 0.3 is 12.6 Å². The summed E-state index contributed by atoms with van der Waals surface area (Å²) in [6, 6.07) is 11.3. The first-order valence-electron chi connectivity index (χ1n) is 8.39. The standard InChI is InChI=1S/C20H17F2NO5S/c1-25-15-6-4-3-5-14(15)18-23-13(11-29-18)10-27-19(24)12-7-8-16(28-20(21)22)17(9-12)26-2/h3-9,11,20H,10H2,1-2H3. The summed E-state index contributed by atoms with van der Waals surface area (Å²) < 4.78 is 44.7. The number of methoxy groups -OCH3 is 2. The van der Waals surface area contributed by atoms with E-state index < -0.39 is 12.6 Å². The van der Waals surface area contributed by atoms with E-state index in [-0.39, 0.29) is 23.7 Å². The van der Waals surface area contributed by atoms with E-state index in [2.05, 4.69) is 9.72 Å². The van der Waals surface area contributed by atoms with E-state index in [1.54, 1.807) is 12.5 Å². The van der Waals surface area contributed by atoms with Crippen LogP contribution < -0.4 is 14.2 Å². The van der Waals surface area contributed by atoms with Crippen LogP contribution in [0.25, 0.3) is 10.6 Å². The number of carbonyl (C=O) groups is 1. The largest absolute Gasteiger partial charge is 0.496 e. The Labute approximate surface area is 169 Å². The molecule has 0 aliphatic rings. The van der Waals surface area contributed by atoms with Crippen molar-refractivity contribution in [1.82, 2.24) is 4.98 Å². The Bertz CT molecular complexity index is 993. The molecule has 0 N–H and O–H groups in total. The van der Waals surface area contributed by atoms with E-state index >= 15 is 0 Å². The fourth-order valence-corrected chi connectivity index (χ4v) is 3.36. The minimum atomic E-state index is -3.00. The highest BCUT2D eigenvalue weighted by atomic mass is 32.1. The number of aromatic nitrogens is 1. The van der Waals surface area contributed by atoms with Gasteiger partial charge in [0.15, 0.2) is 11.5 Å². The monoisotopic (exact) mass is 421 g/mol. The molecular weight excluding hydrogens is 404 g/mol. The molecule has 0 saturated heterocycles. The number of carbonyl (C=O) groups excluding carboxylic acids is 1. The summed E-state index contributed by atoms with van der Waals surface area (Å²) in [4.78, 5) is 16.8. The molecule has 0 amide bonds. The van der Waals surface area contributed by atoms with Crippen molar-refractivity contribution in [2.45, 2.75) is 13.2 Å². The normalized spacial score (nSPS) is 10.7. The highest BCUT2D eigenvalue weighted by Gasteiger charge is 2.16. The smallest absolute Gasteiger partial charge is 0.387 e. The Kier molecular flexibility index (Phi) is 6.61. The van der Waals surface area contributed by atoms with Gasteiger partial charge in [-0.3, -0.25) is 0 Å². The third-order valence-electron chi connectivity index (χ3n) is 3.86. The van der Waals surface area contributed by atoms with Gasteiger partial charge in [-0.1, -0.05) is 12.1 Å². The first-order valence-corrected chi connectivity index (χ1v) is 9.27. The third kappa shape index (κ3) is 5.00. The van der Waals surface area contributed by atoms with Crippen molar-refractivity contribution in [1.29, 1.82) is 0 Å². The Hall–Kier alpha value is -3.20. The molecule has 6 nitrogen and oxygen atoms in total. The van der Waals surface area contributed by atoms with Crippen molar-refractivity contribution in [2.24, 2.45) is 0 Å². The number of benzene rings is 2. The van der Waals surface area contributed by atoms with Crippen LogP contribution in [0.2, 0.25) is 0 Å². The van der Waals surface area contributed by atoms with Crippen molar-refractivity contribution in [3.05, 3.63) is 59.1 Å². The van der Waals surface area contributed by atoms with Gasteiger partial charge in [0.05, 0.1) is 31.0 Å². The van der Waals surface area contributed by atoms with Gasteiger partial charge in [0.1, 0.15) is 17.4 Å². The lowest BCUT2D eigenvalue weighted by atomic mass is 10.2. The summed E-state index contributed by atoms with van der Waals surface area (Å²) in [6.07, 6.45) is 0. The number of rotatable bonds is 8. The van der Waals surface area contributed by atoms with Gasteiger partial charge in [-0.25, -0.2) is 9.78 Å². The predicted octanol–water partition coefficient (Wildman–Crippen LogP) is 4.79. The van der Waals surface area contributed by atoms with Gasteiger partial charge in [0.25, 0.3) is 0 Å². The zero-order valence-electron chi connectivity index (χ0n) is 15.6. The molecule has 9 heteroatoms. The molecule has 2 aromatic carbocycles. The van der Waals surface area contributed by atoms with Gasteiger partial charge in [-0.2, -0.15) is 8.78 Å². The first-order chi connectivity index (χ1) is 14.0. The van der Waals surface area contributed by atoms with Gasteiger partial charge in [-0.05, 0) is 30.3 Å². The van der Waals surface area contributed by atoms with Gasteiger partial charge in [0.2, 0.25) is 0 Å². The average molecular weight is 421 g/mol. The second kappa shape index (κ2) is 9.33. The molecule has 1 aromatic heterocycles. The molecular formula is C20H17F2NO5S. The van der Waals surface area contributed by atoms with Gasteiger partial charge < -0.3 is 18.9 Å². The number of alkyl halides is 2. The van der Waals surface area contributed by atoms with Crippen LogP contribution in [0.5, 0.6) is 17.2 Å². The molecule has 3 aromatic rings. The van der Waals surface area contributed by atoms with Crippen LogP contribution in [0.3, 0.4) is 0 Å². The van der Waals surface area contributed by atoms with E-state index in [1.807, 2.05) is 24.3 Å². The highest BCUT2D eigenvalue weighted by Crippen LogP contribution is 2.32. The molecule has 1 heterocycles. The fourth-order valence-electron chi connectivity index (χ4n) is 2.53. The van der Waals surface area contributed by atoms with Crippen molar-refractivity contribution in [2.75, 3.05) is 14.2 Å². The minimum Gasteiger partial charge on any atom is -0.496 e. The minimum absolute atomic E-state index is 0.00636. The number of halogens is 2. The summed E-state index contributed by atoms with van der Waals surface area (Å²) >= 11 is 1.40. The van der Waals surface area contributed by atoms with Crippen LogP contribution in [0.15, 0.2) is 47.8 Å². The molecule has 0 bridgehead atoms. The summed E-state index contributed by atoms with van der Waals surface area (Å²) in [5.74, 6) is -0.103. The summed E-state index contributed by atoms with van der Waals surface area (Å²) in [5, 5.41) is 2.53. The predicted molar refractivity (Wildman–Crippen MR) is 103 cm³/mol. The maximum absolute atomic E-state index is 12.4. The Morgan fingerprint density at radius 1 is 1.07 bits per heavy atom. The lowest BCUT2D eigenvalue weighted by Gasteiger charge is -2.11. The second-order valence-corrected chi connectivity index (χ2v) is 6.52. The van der Waals surface area contributed by atoms with E-state index in [0.717, 1.165) is 10.6 Å². The average Bonchev–Trinajstić information content (AvgIpc) is 3.20. The van der Waals surface area contributed by atoms with E-state index in [4.69, 9.17) is 14.2 Å². The number of thiazole rings is 1. The molecule has 29 heavy (non-hydrogen) atoms. The number of ether oxygens (including phenoxy) is 4. The molecule has 0 fully saturated rings. The third-order valence-corrected chi connectivity index (χ3v) is 4.78. The van der Waals surface area contributed by atoms with E-state index in [9.17, 15) is 13.6 Å². The number of nitrogens with zero attached hydrogens (tertiary/aromatic N) is 1. The lowest BCUT2D eigenvalue weighted by molar-refractivity contribution is -0.0512. The van der Waals surface area contributed by atoms with E-state index in [1.165, 1.54) is 36.6 Å². The van der Waals surface area contributed by atoms with Crippen LogP contribution in [0.4, 0.5) is 8.78 Å². The van der Waals surface area contributed by atoms with Crippen molar-refractivity contribution >= 4 is 17.3 Å². The Balaban J connectivity index is 1.68. The second-order valence-electron chi connectivity index (χ2n) is 5.66.